The van der Waals surface area contributed by atoms with Gasteiger partial charge in [0.25, 0.3) is 0 Å². The Hall–Kier alpha value is -2.32. The molecule has 0 fully saturated rings. The van der Waals surface area contributed by atoms with Crippen molar-refractivity contribution in [3.8, 4) is 0 Å². The number of aliphatic carboxylic acids is 2. The van der Waals surface area contributed by atoms with Gasteiger partial charge < -0.3 is 25.3 Å². The van der Waals surface area contributed by atoms with Crippen LogP contribution in [0.15, 0.2) is 0 Å². The number of hydrogen-bond acceptors (Lipinski definition) is 4. The highest BCUT2D eigenvalue weighted by molar-refractivity contribution is 5.87. The third kappa shape index (κ3) is 6.24. The summed E-state index contributed by atoms with van der Waals surface area (Å²) in [5, 5.41) is 19.6. The van der Waals surface area contributed by atoms with E-state index in [0.29, 0.717) is 4.90 Å². The molecule has 0 spiro atoms. The first-order valence-electron chi connectivity index (χ1n) is 5.49. The molecule has 0 saturated carbocycles. The molecular weight excluding hydrogens is 258 g/mol. The molecule has 0 saturated heterocycles. The first kappa shape index (κ1) is 16.7. The van der Waals surface area contributed by atoms with Gasteiger partial charge in [-0.3, -0.25) is 14.4 Å². The van der Waals surface area contributed by atoms with Crippen molar-refractivity contribution in [2.45, 2.75) is 6.92 Å². The van der Waals surface area contributed by atoms with Gasteiger partial charge in [-0.25, -0.2) is 4.79 Å². The van der Waals surface area contributed by atoms with Crippen molar-refractivity contribution in [3.63, 3.8) is 0 Å². The Labute approximate surface area is 109 Å². The van der Waals surface area contributed by atoms with Crippen molar-refractivity contribution in [1.82, 2.24) is 15.1 Å². The molecule has 9 nitrogen and oxygen atoms in total. The second kappa shape index (κ2) is 7.90. The Balaban J connectivity index is 4.86. The monoisotopic (exact) mass is 275 g/mol. The van der Waals surface area contributed by atoms with Crippen molar-refractivity contribution in [3.05, 3.63) is 0 Å². The maximum Gasteiger partial charge on any atom is 0.323 e. The van der Waals surface area contributed by atoms with E-state index in [0.717, 1.165) is 4.90 Å². The number of hydrogen-bond donors (Lipinski definition) is 3. The van der Waals surface area contributed by atoms with E-state index in [-0.39, 0.29) is 13.1 Å². The number of likely N-dealkylation sites (N-methyl/N-ethyl adjacent to an activating group) is 2. The number of amides is 3. The number of rotatable bonds is 7. The second-order valence-electron chi connectivity index (χ2n) is 3.61. The maximum absolute atomic E-state index is 11.9. The van der Waals surface area contributed by atoms with Gasteiger partial charge in [0.15, 0.2) is 0 Å². The van der Waals surface area contributed by atoms with Gasteiger partial charge in [0, 0.05) is 13.6 Å². The first-order chi connectivity index (χ1) is 8.81. The Kier molecular flexibility index (Phi) is 6.94. The van der Waals surface area contributed by atoms with Crippen molar-refractivity contribution in [1.29, 1.82) is 0 Å². The molecule has 0 aromatic heterocycles. The van der Waals surface area contributed by atoms with Gasteiger partial charge in [0.1, 0.15) is 19.6 Å². The summed E-state index contributed by atoms with van der Waals surface area (Å²) < 4.78 is 0. The molecule has 0 aliphatic rings. The van der Waals surface area contributed by atoms with Gasteiger partial charge in [0.05, 0.1) is 0 Å². The number of carbonyl (C=O) groups excluding carboxylic acids is 2. The fraction of sp³-hybridized carbons (Fsp3) is 0.600. The number of carboxylic acid groups (broad SMARTS) is 2. The molecule has 108 valence electrons. The molecule has 9 heteroatoms. The number of nitrogens with one attached hydrogen (secondary N) is 1. The Bertz CT molecular complexity index is 354. The average Bonchev–Trinajstić information content (AvgIpc) is 2.32. The molecule has 3 N–H and O–H groups in total. The lowest BCUT2D eigenvalue weighted by atomic mass is 10.4. The van der Waals surface area contributed by atoms with Crippen molar-refractivity contribution >= 4 is 23.9 Å². The van der Waals surface area contributed by atoms with E-state index in [9.17, 15) is 19.2 Å². The molecule has 0 unspecified atom stereocenters. The molecule has 0 radical (unpaired) electrons. The van der Waals surface area contributed by atoms with Gasteiger partial charge in [-0.05, 0) is 6.92 Å². The fourth-order valence-corrected chi connectivity index (χ4v) is 1.28. The Morgan fingerprint density at radius 3 is 1.74 bits per heavy atom. The lowest BCUT2D eigenvalue weighted by molar-refractivity contribution is -0.140. The van der Waals surface area contributed by atoms with Crippen LogP contribution < -0.4 is 5.32 Å². The molecule has 0 heterocycles. The second-order valence-corrected chi connectivity index (χ2v) is 3.61. The van der Waals surface area contributed by atoms with Crippen LogP contribution >= 0.6 is 0 Å². The lowest BCUT2D eigenvalue weighted by Gasteiger charge is -2.27. The highest BCUT2D eigenvalue weighted by Gasteiger charge is 2.25. The summed E-state index contributed by atoms with van der Waals surface area (Å²) >= 11 is 0. The minimum absolute atomic E-state index is 0.155. The summed E-state index contributed by atoms with van der Waals surface area (Å²) in [6.07, 6.45) is 0. The van der Waals surface area contributed by atoms with Crippen LogP contribution in [0.1, 0.15) is 6.92 Å². The summed E-state index contributed by atoms with van der Waals surface area (Å²) in [5.41, 5.74) is 0. The predicted molar refractivity (Wildman–Crippen MR) is 63.6 cm³/mol. The van der Waals surface area contributed by atoms with Gasteiger partial charge in [-0.1, -0.05) is 0 Å². The lowest BCUT2D eigenvalue weighted by Crippen LogP contribution is -2.49. The zero-order chi connectivity index (χ0) is 15.0. The van der Waals surface area contributed by atoms with E-state index in [4.69, 9.17) is 10.2 Å². The van der Waals surface area contributed by atoms with Crippen LogP contribution in [0.2, 0.25) is 0 Å². The minimum Gasteiger partial charge on any atom is -0.480 e. The molecule has 0 bridgehead atoms. The molecule has 0 aromatic rings. The summed E-state index contributed by atoms with van der Waals surface area (Å²) in [4.78, 5) is 46.0. The van der Waals surface area contributed by atoms with Crippen LogP contribution in [0.4, 0.5) is 4.79 Å². The predicted octanol–water partition coefficient (Wildman–Crippen LogP) is -1.35. The molecule has 0 rings (SSSR count). The van der Waals surface area contributed by atoms with Crippen LogP contribution in [0.25, 0.3) is 0 Å². The molecule has 19 heavy (non-hydrogen) atoms. The third-order valence-electron chi connectivity index (χ3n) is 2.19. The number of nitrogens with zero attached hydrogens (tertiary/aromatic N) is 2. The van der Waals surface area contributed by atoms with Crippen LogP contribution in [-0.4, -0.2) is 77.1 Å². The summed E-state index contributed by atoms with van der Waals surface area (Å²) in [6, 6.07) is -0.809. The first-order valence-corrected chi connectivity index (χ1v) is 5.49. The molecule has 0 aromatic carbocycles. The van der Waals surface area contributed by atoms with E-state index < -0.39 is 37.0 Å². The van der Waals surface area contributed by atoms with Gasteiger partial charge in [-0.2, -0.15) is 0 Å². The average molecular weight is 275 g/mol. The zero-order valence-corrected chi connectivity index (χ0v) is 10.8. The Morgan fingerprint density at radius 1 is 0.947 bits per heavy atom. The van der Waals surface area contributed by atoms with Crippen LogP contribution in [-0.2, 0) is 14.4 Å². The summed E-state index contributed by atoms with van der Waals surface area (Å²) in [6.45, 7) is 0.00880. The molecule has 0 aliphatic heterocycles. The van der Waals surface area contributed by atoms with Gasteiger partial charge >= 0.3 is 18.0 Å². The van der Waals surface area contributed by atoms with Crippen LogP contribution in [0, 0.1) is 0 Å². The van der Waals surface area contributed by atoms with Gasteiger partial charge in [0.2, 0.25) is 5.91 Å². The largest absolute Gasteiger partial charge is 0.480 e. The van der Waals surface area contributed by atoms with Crippen LogP contribution in [0.5, 0.6) is 0 Å². The third-order valence-corrected chi connectivity index (χ3v) is 2.19. The molecule has 0 atom stereocenters. The number of urea groups is 1. The highest BCUT2D eigenvalue weighted by atomic mass is 16.4. The molecule has 3 amide bonds. The fourth-order valence-electron chi connectivity index (χ4n) is 1.28. The van der Waals surface area contributed by atoms with Crippen LogP contribution in [0.3, 0.4) is 0 Å². The standard InChI is InChI=1S/C10H17N3O6/c1-3-12(4-7(14)11-2)10(19)13(5-8(15)16)6-9(17)18/h3-6H2,1-2H3,(H,11,14)(H,15,16)(H,17,18). The summed E-state index contributed by atoms with van der Waals surface area (Å²) in [7, 11) is 1.40. The smallest absolute Gasteiger partial charge is 0.323 e. The van der Waals surface area contributed by atoms with Crippen molar-refractivity contribution < 1.29 is 29.4 Å². The van der Waals surface area contributed by atoms with Crippen molar-refractivity contribution in [2.75, 3.05) is 33.2 Å². The normalized spacial score (nSPS) is 9.58. The maximum atomic E-state index is 11.9. The summed E-state index contributed by atoms with van der Waals surface area (Å²) in [5.74, 6) is -3.09. The number of carboxylic acids is 2. The quantitative estimate of drug-likeness (QED) is 0.527. The van der Waals surface area contributed by atoms with E-state index >= 15 is 0 Å². The minimum atomic E-state index is -1.33. The van der Waals surface area contributed by atoms with Crippen molar-refractivity contribution in [2.24, 2.45) is 0 Å². The highest BCUT2D eigenvalue weighted by Crippen LogP contribution is 1.99. The SMILES string of the molecule is CCN(CC(=O)NC)C(=O)N(CC(=O)O)CC(=O)O. The van der Waals surface area contributed by atoms with E-state index in [1.165, 1.54) is 7.05 Å². The molecule has 0 aliphatic carbocycles. The zero-order valence-electron chi connectivity index (χ0n) is 10.8. The van der Waals surface area contributed by atoms with E-state index in [1.807, 2.05) is 0 Å². The van der Waals surface area contributed by atoms with Gasteiger partial charge in [-0.15, -0.1) is 0 Å². The number of carbonyl (C=O) groups is 4. The topological polar surface area (TPSA) is 127 Å². The molecular formula is C10H17N3O6. The van der Waals surface area contributed by atoms with E-state index in [1.54, 1.807) is 6.92 Å². The van der Waals surface area contributed by atoms with E-state index in [2.05, 4.69) is 5.32 Å². The Morgan fingerprint density at radius 2 is 1.42 bits per heavy atom.